The molecule has 0 saturated carbocycles. The third kappa shape index (κ3) is 4.69. The molecule has 0 radical (unpaired) electrons. The Morgan fingerprint density at radius 1 is 0.393 bits per heavy atom. The normalized spacial score (nSPS) is 14.7. The van der Waals surface area contributed by atoms with Crippen LogP contribution in [-0.4, -0.2) is 0 Å². The summed E-state index contributed by atoms with van der Waals surface area (Å²) in [6.45, 7) is 9.56. The first-order chi connectivity index (χ1) is 27.3. The molecule has 0 atom stereocenters. The fraction of sp³-hybridized carbons (Fsp3) is 0.111. The molecule has 9 aromatic rings. The smallest absolute Gasteiger partial charge is 0.0543 e. The molecule has 0 amide bonds. The summed E-state index contributed by atoms with van der Waals surface area (Å²) >= 11 is 0. The highest BCUT2D eigenvalue weighted by Crippen LogP contribution is 2.60. The zero-order valence-electron chi connectivity index (χ0n) is 32.2. The van der Waals surface area contributed by atoms with Gasteiger partial charge >= 0.3 is 0 Å². The Balaban J connectivity index is 1.10. The minimum Gasteiger partial charge on any atom is -0.310 e. The van der Waals surface area contributed by atoms with Crippen LogP contribution in [0.4, 0.5) is 34.1 Å². The van der Waals surface area contributed by atoms with E-state index in [4.69, 9.17) is 0 Å². The van der Waals surface area contributed by atoms with E-state index in [0.717, 1.165) is 17.1 Å². The van der Waals surface area contributed by atoms with Gasteiger partial charge in [0.25, 0.3) is 0 Å². The largest absolute Gasteiger partial charge is 0.310 e. The molecule has 0 unspecified atom stereocenters. The van der Waals surface area contributed by atoms with Crippen molar-refractivity contribution in [3.63, 3.8) is 0 Å². The van der Waals surface area contributed by atoms with Crippen LogP contribution in [0.15, 0.2) is 182 Å². The topological polar surface area (TPSA) is 6.48 Å². The zero-order chi connectivity index (χ0) is 37.8. The van der Waals surface area contributed by atoms with Gasteiger partial charge in [-0.05, 0) is 109 Å². The number of nitrogens with zero attached hydrogens (tertiary/aromatic N) is 2. The number of hydrogen-bond acceptors (Lipinski definition) is 2. The SMILES string of the molecule is CC1(C)c2ccccc2N2c3ccc(-c4ccc(N(c5ccc6ccccc6c5)c5ccc6ccccc6c5)c5ccccc45)cc3C(C)(C)c3cccc1c32. The fourth-order valence-electron chi connectivity index (χ4n) is 9.84. The van der Waals surface area contributed by atoms with Gasteiger partial charge in [0.15, 0.2) is 0 Å². The molecule has 0 bridgehead atoms. The standard InChI is InChI=1S/C54H42N2/c1-53(2)45-20-11-12-23-50(45)56-51-30-26-39(34-48(51)54(3,4)47-22-13-21-46(53)52(47)56)42-29-31-49(44-19-10-9-18-43(42)44)55(40-27-24-35-14-5-7-16-37(35)32-40)41-28-25-36-15-6-8-17-38(36)33-41/h5-34H,1-4H3. The highest BCUT2D eigenvalue weighted by Gasteiger charge is 2.45. The van der Waals surface area contributed by atoms with E-state index in [-0.39, 0.29) is 10.8 Å². The summed E-state index contributed by atoms with van der Waals surface area (Å²) in [4.78, 5) is 4.98. The Hall–Kier alpha value is -6.64. The maximum absolute atomic E-state index is 2.54. The Kier molecular flexibility index (Phi) is 6.98. The van der Waals surface area contributed by atoms with Gasteiger partial charge in [-0.2, -0.15) is 0 Å². The van der Waals surface area contributed by atoms with E-state index in [1.807, 2.05) is 0 Å². The van der Waals surface area contributed by atoms with Crippen molar-refractivity contribution in [3.8, 4) is 11.1 Å². The van der Waals surface area contributed by atoms with Crippen LogP contribution in [0.3, 0.4) is 0 Å². The van der Waals surface area contributed by atoms with Crippen LogP contribution in [-0.2, 0) is 10.8 Å². The van der Waals surface area contributed by atoms with Gasteiger partial charge in [-0.1, -0.05) is 161 Å². The minimum absolute atomic E-state index is 0.0970. The molecule has 2 nitrogen and oxygen atoms in total. The maximum atomic E-state index is 2.54. The summed E-state index contributed by atoms with van der Waals surface area (Å²) in [6.07, 6.45) is 0. The van der Waals surface area contributed by atoms with Crippen molar-refractivity contribution in [1.29, 1.82) is 0 Å². The molecule has 268 valence electrons. The number of hydrogen-bond donors (Lipinski definition) is 0. The van der Waals surface area contributed by atoms with Gasteiger partial charge in [-0.15, -0.1) is 0 Å². The molecular weight excluding hydrogens is 677 g/mol. The lowest BCUT2D eigenvalue weighted by molar-refractivity contribution is 0.597. The van der Waals surface area contributed by atoms with Crippen LogP contribution in [0.1, 0.15) is 49.9 Å². The summed E-state index contributed by atoms with van der Waals surface area (Å²) in [5.74, 6) is 0. The van der Waals surface area contributed by atoms with Crippen molar-refractivity contribution < 1.29 is 0 Å². The van der Waals surface area contributed by atoms with Gasteiger partial charge < -0.3 is 9.80 Å². The molecule has 0 aromatic heterocycles. The summed E-state index contributed by atoms with van der Waals surface area (Å²) in [6, 6.07) is 67.6. The number of para-hydroxylation sites is 2. The molecule has 56 heavy (non-hydrogen) atoms. The molecule has 0 saturated heterocycles. The molecule has 0 aliphatic carbocycles. The summed E-state index contributed by atoms with van der Waals surface area (Å²) in [5, 5.41) is 7.37. The van der Waals surface area contributed by atoms with Crippen molar-refractivity contribution >= 4 is 66.4 Å². The van der Waals surface area contributed by atoms with E-state index in [0.29, 0.717) is 0 Å². The first kappa shape index (κ1) is 32.8. The molecule has 2 aliphatic heterocycles. The summed E-state index contributed by atoms with van der Waals surface area (Å²) < 4.78 is 0. The van der Waals surface area contributed by atoms with E-state index in [1.54, 1.807) is 0 Å². The lowest BCUT2D eigenvalue weighted by Gasteiger charge is -2.49. The van der Waals surface area contributed by atoms with E-state index in [1.165, 1.54) is 82.8 Å². The lowest BCUT2D eigenvalue weighted by Crippen LogP contribution is -2.38. The molecule has 0 spiro atoms. The number of anilines is 6. The molecule has 2 heteroatoms. The second-order valence-corrected chi connectivity index (χ2v) is 16.6. The first-order valence-corrected chi connectivity index (χ1v) is 19.8. The highest BCUT2D eigenvalue weighted by molar-refractivity contribution is 6.07. The number of benzene rings is 9. The van der Waals surface area contributed by atoms with E-state index in [9.17, 15) is 0 Å². The third-order valence-electron chi connectivity index (χ3n) is 12.8. The first-order valence-electron chi connectivity index (χ1n) is 19.8. The fourth-order valence-corrected chi connectivity index (χ4v) is 9.84. The zero-order valence-corrected chi connectivity index (χ0v) is 32.2. The van der Waals surface area contributed by atoms with Gasteiger partial charge in [0.1, 0.15) is 0 Å². The average molecular weight is 719 g/mol. The third-order valence-corrected chi connectivity index (χ3v) is 12.8. The lowest BCUT2D eigenvalue weighted by atomic mass is 9.66. The average Bonchev–Trinajstić information content (AvgIpc) is 3.23. The number of rotatable bonds is 4. The van der Waals surface area contributed by atoms with E-state index >= 15 is 0 Å². The predicted octanol–water partition coefficient (Wildman–Crippen LogP) is 15.0. The molecule has 9 aromatic carbocycles. The van der Waals surface area contributed by atoms with E-state index in [2.05, 4.69) is 219 Å². The van der Waals surface area contributed by atoms with Crippen LogP contribution in [0.25, 0.3) is 43.4 Å². The quantitative estimate of drug-likeness (QED) is 0.179. The monoisotopic (exact) mass is 718 g/mol. The summed E-state index contributed by atoms with van der Waals surface area (Å²) in [5.41, 5.74) is 15.0. The molecule has 11 rings (SSSR count). The van der Waals surface area contributed by atoms with Gasteiger partial charge in [-0.25, -0.2) is 0 Å². The molecular formula is C54H42N2. The van der Waals surface area contributed by atoms with Gasteiger partial charge in [0.05, 0.1) is 22.7 Å². The Morgan fingerprint density at radius 2 is 0.929 bits per heavy atom. The van der Waals surface area contributed by atoms with Crippen LogP contribution >= 0.6 is 0 Å². The Labute approximate surface area is 328 Å². The second-order valence-electron chi connectivity index (χ2n) is 16.6. The molecule has 2 aliphatic rings. The van der Waals surface area contributed by atoms with Gasteiger partial charge in [0, 0.05) is 27.6 Å². The van der Waals surface area contributed by atoms with Crippen LogP contribution in [0, 0.1) is 0 Å². The molecule has 2 heterocycles. The van der Waals surface area contributed by atoms with Crippen LogP contribution in [0.2, 0.25) is 0 Å². The van der Waals surface area contributed by atoms with Crippen molar-refractivity contribution in [3.05, 3.63) is 204 Å². The van der Waals surface area contributed by atoms with Crippen molar-refractivity contribution in [1.82, 2.24) is 0 Å². The summed E-state index contributed by atoms with van der Waals surface area (Å²) in [7, 11) is 0. The predicted molar refractivity (Wildman–Crippen MR) is 238 cm³/mol. The van der Waals surface area contributed by atoms with Gasteiger partial charge in [0.2, 0.25) is 0 Å². The van der Waals surface area contributed by atoms with Crippen LogP contribution < -0.4 is 9.80 Å². The number of fused-ring (bicyclic) bond motifs is 7. The van der Waals surface area contributed by atoms with Crippen LogP contribution in [0.5, 0.6) is 0 Å². The van der Waals surface area contributed by atoms with Gasteiger partial charge in [-0.3, -0.25) is 0 Å². The Morgan fingerprint density at radius 3 is 1.61 bits per heavy atom. The van der Waals surface area contributed by atoms with Crippen molar-refractivity contribution in [2.45, 2.75) is 38.5 Å². The second kappa shape index (κ2) is 11.9. The maximum Gasteiger partial charge on any atom is 0.0543 e. The van der Waals surface area contributed by atoms with Crippen molar-refractivity contribution in [2.24, 2.45) is 0 Å². The molecule has 0 N–H and O–H groups in total. The Bertz CT molecular complexity index is 2980. The van der Waals surface area contributed by atoms with E-state index < -0.39 is 0 Å². The molecule has 0 fully saturated rings. The highest BCUT2D eigenvalue weighted by atomic mass is 15.2. The van der Waals surface area contributed by atoms with Crippen molar-refractivity contribution in [2.75, 3.05) is 9.80 Å². The minimum atomic E-state index is -0.200.